The molecule has 5 rings (SSSR count). The van der Waals surface area contributed by atoms with Crippen LogP contribution in [0.5, 0.6) is 5.75 Å². The average molecular weight is 512 g/mol. The summed E-state index contributed by atoms with van der Waals surface area (Å²) in [5.74, 6) is 3.26. The number of rotatable bonds is 6. The average Bonchev–Trinajstić information content (AvgIpc) is 3.52. The summed E-state index contributed by atoms with van der Waals surface area (Å²) < 4.78 is 37.3. The summed E-state index contributed by atoms with van der Waals surface area (Å²) in [6, 6.07) is 13.0. The van der Waals surface area contributed by atoms with Crippen LogP contribution in [0.1, 0.15) is 45.4 Å². The predicted octanol–water partition coefficient (Wildman–Crippen LogP) is 5.17. The molecule has 0 aliphatic heterocycles. The maximum Gasteiger partial charge on any atom is 0.270 e. The summed E-state index contributed by atoms with van der Waals surface area (Å²) >= 11 is 0. The molecule has 7 nitrogen and oxygen atoms in total. The van der Waals surface area contributed by atoms with Gasteiger partial charge in [0.05, 0.1) is 30.9 Å². The van der Waals surface area contributed by atoms with Crippen LogP contribution in [-0.4, -0.2) is 37.0 Å². The second-order valence-electron chi connectivity index (χ2n) is 8.90. The zero-order valence-electron chi connectivity index (χ0n) is 20.9. The lowest BCUT2D eigenvalue weighted by Gasteiger charge is -2.15. The van der Waals surface area contributed by atoms with Crippen molar-refractivity contribution in [1.82, 2.24) is 24.1 Å². The molecule has 0 bridgehead atoms. The highest BCUT2D eigenvalue weighted by Gasteiger charge is 2.26. The van der Waals surface area contributed by atoms with Gasteiger partial charge < -0.3 is 9.30 Å². The SMILES string of the molecule is COc1ccc(C(=O)Cc2cc(-n3cnc(C)c3)cc(C(C)(F)F)c2)cc1C#Cc1cnc2cccnn12. The monoisotopic (exact) mass is 511 g/mol. The molecule has 0 spiro atoms. The molecule has 3 heterocycles. The van der Waals surface area contributed by atoms with E-state index >= 15 is 0 Å². The Hall–Kier alpha value is -4.84. The van der Waals surface area contributed by atoms with Crippen LogP contribution in [0.3, 0.4) is 0 Å². The maximum atomic E-state index is 14.3. The number of imidazole rings is 2. The molecule has 0 aliphatic rings. The fraction of sp³-hybridized carbons (Fsp3) is 0.172. The van der Waals surface area contributed by atoms with Crippen molar-refractivity contribution in [1.29, 1.82) is 0 Å². The van der Waals surface area contributed by atoms with Crippen LogP contribution >= 0.6 is 0 Å². The number of aromatic nitrogens is 5. The van der Waals surface area contributed by atoms with Gasteiger partial charge in [-0.1, -0.05) is 5.92 Å². The summed E-state index contributed by atoms with van der Waals surface area (Å²) in [5, 5.41) is 4.25. The quantitative estimate of drug-likeness (QED) is 0.232. The summed E-state index contributed by atoms with van der Waals surface area (Å²) in [6.45, 7) is 2.65. The van der Waals surface area contributed by atoms with Gasteiger partial charge in [0, 0.05) is 42.6 Å². The number of ether oxygens (including phenoxy) is 1. The van der Waals surface area contributed by atoms with E-state index in [2.05, 4.69) is 26.9 Å². The van der Waals surface area contributed by atoms with Gasteiger partial charge in [-0.15, -0.1) is 0 Å². The largest absolute Gasteiger partial charge is 0.495 e. The van der Waals surface area contributed by atoms with E-state index in [4.69, 9.17) is 4.74 Å². The van der Waals surface area contributed by atoms with Crippen molar-refractivity contribution in [2.24, 2.45) is 0 Å². The molecule has 3 aromatic heterocycles. The number of hydrogen-bond acceptors (Lipinski definition) is 5. The van der Waals surface area contributed by atoms with Gasteiger partial charge in [-0.3, -0.25) is 4.79 Å². The molecule has 9 heteroatoms. The molecule has 2 aromatic carbocycles. The number of alkyl halides is 2. The van der Waals surface area contributed by atoms with Gasteiger partial charge in [-0.2, -0.15) is 5.10 Å². The smallest absolute Gasteiger partial charge is 0.270 e. The Balaban J connectivity index is 1.47. The van der Waals surface area contributed by atoms with Crippen molar-refractivity contribution >= 4 is 11.4 Å². The minimum Gasteiger partial charge on any atom is -0.495 e. The van der Waals surface area contributed by atoms with E-state index in [0.717, 1.165) is 12.6 Å². The van der Waals surface area contributed by atoms with E-state index in [9.17, 15) is 13.6 Å². The molecule has 0 saturated carbocycles. The van der Waals surface area contributed by atoms with Crippen LogP contribution in [0.25, 0.3) is 11.3 Å². The van der Waals surface area contributed by atoms with Crippen molar-refractivity contribution in [3.05, 3.63) is 107 Å². The molecule has 0 fully saturated rings. The Morgan fingerprint density at radius 3 is 2.68 bits per heavy atom. The van der Waals surface area contributed by atoms with Gasteiger partial charge in [0.2, 0.25) is 0 Å². The number of hydrogen-bond donors (Lipinski definition) is 0. The zero-order valence-corrected chi connectivity index (χ0v) is 20.9. The molecular weight excluding hydrogens is 488 g/mol. The fourth-order valence-corrected chi connectivity index (χ4v) is 4.05. The van der Waals surface area contributed by atoms with E-state index in [-0.39, 0.29) is 17.8 Å². The number of fused-ring (bicyclic) bond motifs is 1. The second-order valence-corrected chi connectivity index (χ2v) is 8.90. The molecule has 0 radical (unpaired) electrons. The molecule has 0 atom stereocenters. The topological polar surface area (TPSA) is 74.3 Å². The Bertz CT molecular complexity index is 1720. The number of aryl methyl sites for hydroxylation is 1. The first kappa shape index (κ1) is 24.8. The van der Waals surface area contributed by atoms with Gasteiger partial charge in [0.1, 0.15) is 11.4 Å². The molecular formula is C29H23F2N5O2. The van der Waals surface area contributed by atoms with Gasteiger partial charge in [-0.25, -0.2) is 23.3 Å². The van der Waals surface area contributed by atoms with Crippen molar-refractivity contribution in [2.75, 3.05) is 7.11 Å². The number of carbonyl (C=O) groups is 1. The lowest BCUT2D eigenvalue weighted by molar-refractivity contribution is 0.0173. The lowest BCUT2D eigenvalue weighted by Crippen LogP contribution is -2.11. The first-order valence-corrected chi connectivity index (χ1v) is 11.8. The molecule has 38 heavy (non-hydrogen) atoms. The molecule has 5 aromatic rings. The lowest BCUT2D eigenvalue weighted by atomic mass is 9.97. The Labute approximate surface area is 217 Å². The summed E-state index contributed by atoms with van der Waals surface area (Å²) in [7, 11) is 1.52. The van der Waals surface area contributed by atoms with Gasteiger partial charge in [-0.05, 0) is 66.9 Å². The number of nitrogens with zero attached hydrogens (tertiary/aromatic N) is 5. The van der Waals surface area contributed by atoms with Crippen LogP contribution in [0.15, 0.2) is 73.4 Å². The van der Waals surface area contributed by atoms with Crippen LogP contribution < -0.4 is 4.74 Å². The molecule has 0 saturated heterocycles. The van der Waals surface area contributed by atoms with Crippen molar-refractivity contribution in [3.8, 4) is 23.3 Å². The highest BCUT2D eigenvalue weighted by Crippen LogP contribution is 2.30. The van der Waals surface area contributed by atoms with Gasteiger partial charge in [0.15, 0.2) is 11.4 Å². The minimum atomic E-state index is -3.07. The molecule has 0 aliphatic carbocycles. The van der Waals surface area contributed by atoms with Crippen LogP contribution in [0.4, 0.5) is 8.78 Å². The zero-order chi connectivity index (χ0) is 26.9. The third-order valence-electron chi connectivity index (χ3n) is 5.98. The normalized spacial score (nSPS) is 11.3. The summed E-state index contributed by atoms with van der Waals surface area (Å²) in [6.07, 6.45) is 6.49. The van der Waals surface area contributed by atoms with Crippen molar-refractivity contribution in [2.45, 2.75) is 26.2 Å². The van der Waals surface area contributed by atoms with E-state index in [1.807, 2.05) is 13.0 Å². The van der Waals surface area contributed by atoms with Crippen LogP contribution in [0.2, 0.25) is 0 Å². The number of benzene rings is 2. The Morgan fingerprint density at radius 2 is 1.95 bits per heavy atom. The third kappa shape index (κ3) is 5.15. The van der Waals surface area contributed by atoms with Crippen LogP contribution in [-0.2, 0) is 12.3 Å². The number of Topliss-reactive ketones (excluding diaryl/α,β-unsaturated/α-hetero) is 1. The van der Waals surface area contributed by atoms with E-state index in [0.29, 0.717) is 39.5 Å². The van der Waals surface area contributed by atoms with E-state index in [1.165, 1.54) is 19.2 Å². The molecule has 190 valence electrons. The van der Waals surface area contributed by atoms with Gasteiger partial charge >= 0.3 is 0 Å². The van der Waals surface area contributed by atoms with Crippen molar-refractivity contribution in [3.63, 3.8) is 0 Å². The highest BCUT2D eigenvalue weighted by molar-refractivity contribution is 5.98. The Kier molecular flexibility index (Phi) is 6.47. The first-order chi connectivity index (χ1) is 18.2. The van der Waals surface area contributed by atoms with Crippen LogP contribution in [0, 0.1) is 18.8 Å². The Morgan fingerprint density at radius 1 is 1.11 bits per heavy atom. The van der Waals surface area contributed by atoms with E-state index in [1.54, 1.807) is 64.3 Å². The molecule has 0 unspecified atom stereocenters. The predicted molar refractivity (Wildman–Crippen MR) is 138 cm³/mol. The summed E-state index contributed by atoms with van der Waals surface area (Å²) in [5.41, 5.74) is 3.70. The summed E-state index contributed by atoms with van der Waals surface area (Å²) in [4.78, 5) is 21.7. The van der Waals surface area contributed by atoms with Crippen molar-refractivity contribution < 1.29 is 18.3 Å². The second kappa shape index (κ2) is 9.90. The van der Waals surface area contributed by atoms with E-state index < -0.39 is 5.92 Å². The number of halogens is 2. The minimum absolute atomic E-state index is 0.0685. The maximum absolute atomic E-state index is 14.3. The fourth-order valence-electron chi connectivity index (χ4n) is 4.05. The number of carbonyl (C=O) groups excluding carboxylic acids is 1. The number of methoxy groups -OCH3 is 1. The first-order valence-electron chi connectivity index (χ1n) is 11.8. The molecule has 0 amide bonds. The number of ketones is 1. The standard InChI is InChI=1S/C29H23F2N5O2/c1-19-17-35(18-33-19)25-12-20(11-23(15-25)29(2,30)31)13-26(37)21-7-9-27(38-3)22(14-21)6-8-24-16-32-28-5-4-10-34-36(24)28/h4-5,7,9-12,14-18H,13H2,1-3H3. The molecule has 0 N–H and O–H groups in total. The third-order valence-corrected chi connectivity index (χ3v) is 5.98. The highest BCUT2D eigenvalue weighted by atomic mass is 19.3. The van der Waals surface area contributed by atoms with Gasteiger partial charge in [0.25, 0.3) is 5.92 Å².